The summed E-state index contributed by atoms with van der Waals surface area (Å²) in [6.07, 6.45) is 0. The smallest absolute Gasteiger partial charge is 0.337 e. The summed E-state index contributed by atoms with van der Waals surface area (Å²) < 4.78 is 11.3. The lowest BCUT2D eigenvalue weighted by Crippen LogP contribution is -2.30. The van der Waals surface area contributed by atoms with E-state index in [-0.39, 0.29) is 5.91 Å². The molecule has 1 heterocycles. The number of amides is 1. The van der Waals surface area contributed by atoms with Crippen LogP contribution in [0.15, 0.2) is 72.8 Å². The number of thiazole rings is 1. The molecule has 4 rings (SSSR count). The number of rotatable bonds is 7. The summed E-state index contributed by atoms with van der Waals surface area (Å²) >= 11 is 1.44. The summed E-state index contributed by atoms with van der Waals surface area (Å²) in [5.74, 6) is 0.130. The number of nitrogens with zero attached hydrogens (tertiary/aromatic N) is 2. The highest BCUT2D eigenvalue weighted by molar-refractivity contribution is 7.22. The minimum absolute atomic E-state index is 0.200. The molecule has 0 spiro atoms. The fourth-order valence-corrected chi connectivity index (χ4v) is 4.27. The van der Waals surface area contributed by atoms with Gasteiger partial charge in [-0.05, 0) is 55.0 Å². The zero-order valence-electron chi connectivity index (χ0n) is 17.8. The highest BCUT2D eigenvalue weighted by Crippen LogP contribution is 2.33. The molecule has 0 fully saturated rings. The van der Waals surface area contributed by atoms with Crippen molar-refractivity contribution in [3.63, 3.8) is 0 Å². The quantitative estimate of drug-likeness (QED) is 0.359. The third-order valence-corrected chi connectivity index (χ3v) is 5.91. The van der Waals surface area contributed by atoms with Gasteiger partial charge >= 0.3 is 5.97 Å². The number of ether oxygens (including phenoxy) is 2. The molecule has 0 aliphatic rings. The molecule has 4 aromatic rings. The van der Waals surface area contributed by atoms with E-state index in [4.69, 9.17) is 14.5 Å². The standard InChI is InChI=1S/C25H22N2O4S/c1-3-31-20-13-14-21-22(15-20)32-25(26-21)27(16-17-7-5-4-6-8-17)23(28)18-9-11-19(12-10-18)24(29)30-2/h4-15H,3,16H2,1-2H3. The van der Waals surface area contributed by atoms with Gasteiger partial charge in [0.25, 0.3) is 5.91 Å². The van der Waals surface area contributed by atoms with Gasteiger partial charge in [0, 0.05) is 5.56 Å². The zero-order chi connectivity index (χ0) is 22.5. The van der Waals surface area contributed by atoms with Crippen LogP contribution in [0.3, 0.4) is 0 Å². The van der Waals surface area contributed by atoms with E-state index in [1.807, 2.05) is 55.5 Å². The maximum absolute atomic E-state index is 13.5. The number of hydrogen-bond donors (Lipinski definition) is 0. The number of fused-ring (bicyclic) bond motifs is 1. The average Bonchev–Trinajstić information content (AvgIpc) is 3.25. The van der Waals surface area contributed by atoms with Crippen molar-refractivity contribution in [2.45, 2.75) is 13.5 Å². The van der Waals surface area contributed by atoms with E-state index >= 15 is 0 Å². The molecule has 3 aromatic carbocycles. The number of hydrogen-bond acceptors (Lipinski definition) is 6. The number of benzene rings is 3. The van der Waals surface area contributed by atoms with Gasteiger partial charge in [0.1, 0.15) is 5.75 Å². The first-order valence-electron chi connectivity index (χ1n) is 10.2. The molecule has 0 atom stereocenters. The summed E-state index contributed by atoms with van der Waals surface area (Å²) in [7, 11) is 1.33. The number of methoxy groups -OCH3 is 1. The zero-order valence-corrected chi connectivity index (χ0v) is 18.6. The number of anilines is 1. The SMILES string of the molecule is CCOc1ccc2nc(N(Cc3ccccc3)C(=O)c3ccc(C(=O)OC)cc3)sc2c1. The van der Waals surface area contributed by atoms with Crippen LogP contribution in [-0.2, 0) is 11.3 Å². The summed E-state index contributed by atoms with van der Waals surface area (Å²) in [6.45, 7) is 2.89. The van der Waals surface area contributed by atoms with Gasteiger partial charge in [-0.25, -0.2) is 9.78 Å². The van der Waals surface area contributed by atoms with Gasteiger partial charge in [-0.1, -0.05) is 41.7 Å². The van der Waals surface area contributed by atoms with Crippen molar-refractivity contribution < 1.29 is 19.1 Å². The molecule has 0 aliphatic carbocycles. The van der Waals surface area contributed by atoms with Crippen molar-refractivity contribution in [3.05, 3.63) is 89.5 Å². The van der Waals surface area contributed by atoms with Gasteiger partial charge in [-0.15, -0.1) is 0 Å². The Labute approximate surface area is 190 Å². The summed E-state index contributed by atoms with van der Waals surface area (Å²) in [5.41, 5.74) is 2.64. The van der Waals surface area contributed by atoms with Gasteiger partial charge in [-0.2, -0.15) is 0 Å². The molecule has 7 heteroatoms. The lowest BCUT2D eigenvalue weighted by molar-refractivity contribution is 0.0600. The molecule has 0 bridgehead atoms. The van der Waals surface area contributed by atoms with Gasteiger partial charge in [-0.3, -0.25) is 9.69 Å². The molecule has 6 nitrogen and oxygen atoms in total. The lowest BCUT2D eigenvalue weighted by atomic mass is 10.1. The monoisotopic (exact) mass is 446 g/mol. The molecule has 162 valence electrons. The van der Waals surface area contributed by atoms with Crippen LogP contribution in [0, 0.1) is 0 Å². The highest BCUT2D eigenvalue weighted by atomic mass is 32.1. The molecule has 0 N–H and O–H groups in total. The van der Waals surface area contributed by atoms with Crippen LogP contribution in [0.4, 0.5) is 5.13 Å². The van der Waals surface area contributed by atoms with Crippen LogP contribution in [0.5, 0.6) is 5.75 Å². The van der Waals surface area contributed by atoms with Gasteiger partial charge in [0.15, 0.2) is 5.13 Å². The van der Waals surface area contributed by atoms with Crippen LogP contribution in [0.25, 0.3) is 10.2 Å². The predicted molar refractivity (Wildman–Crippen MR) is 126 cm³/mol. The van der Waals surface area contributed by atoms with E-state index in [2.05, 4.69) is 0 Å². The molecule has 0 unspecified atom stereocenters. The highest BCUT2D eigenvalue weighted by Gasteiger charge is 2.22. The Bertz CT molecular complexity index is 1240. The summed E-state index contributed by atoms with van der Waals surface area (Å²) in [4.78, 5) is 31.6. The van der Waals surface area contributed by atoms with Crippen LogP contribution in [0.2, 0.25) is 0 Å². The Hall–Kier alpha value is -3.71. The Kier molecular flexibility index (Phi) is 6.47. The molecule has 1 amide bonds. The average molecular weight is 447 g/mol. The van der Waals surface area contributed by atoms with Gasteiger partial charge < -0.3 is 9.47 Å². The van der Waals surface area contributed by atoms with Crippen molar-refractivity contribution in [2.75, 3.05) is 18.6 Å². The Balaban J connectivity index is 1.70. The number of esters is 1. The molecule has 1 aromatic heterocycles. The van der Waals surface area contributed by atoms with Crippen molar-refractivity contribution in [2.24, 2.45) is 0 Å². The largest absolute Gasteiger partial charge is 0.494 e. The summed E-state index contributed by atoms with van der Waals surface area (Å²) in [5, 5.41) is 0.597. The topological polar surface area (TPSA) is 68.7 Å². The summed E-state index contributed by atoms with van der Waals surface area (Å²) in [6, 6.07) is 21.9. The fraction of sp³-hybridized carbons (Fsp3) is 0.160. The Morgan fingerprint density at radius 1 is 0.969 bits per heavy atom. The van der Waals surface area contributed by atoms with Crippen molar-refractivity contribution >= 4 is 38.6 Å². The van der Waals surface area contributed by atoms with Crippen LogP contribution in [0.1, 0.15) is 33.2 Å². The maximum Gasteiger partial charge on any atom is 0.337 e. The van der Waals surface area contributed by atoms with Gasteiger partial charge in [0.05, 0.1) is 36.0 Å². The first-order chi connectivity index (χ1) is 15.6. The van der Waals surface area contributed by atoms with Crippen LogP contribution < -0.4 is 9.64 Å². The molecular weight excluding hydrogens is 424 g/mol. The van der Waals surface area contributed by atoms with E-state index in [1.165, 1.54) is 18.4 Å². The third-order valence-electron chi connectivity index (χ3n) is 4.87. The van der Waals surface area contributed by atoms with E-state index in [0.717, 1.165) is 21.5 Å². The second kappa shape index (κ2) is 9.62. The second-order valence-electron chi connectivity index (χ2n) is 7.00. The van der Waals surface area contributed by atoms with Crippen LogP contribution in [-0.4, -0.2) is 30.6 Å². The predicted octanol–water partition coefficient (Wildman–Crippen LogP) is 5.33. The number of carbonyl (C=O) groups excluding carboxylic acids is 2. The molecule has 0 saturated carbocycles. The molecule has 0 aliphatic heterocycles. The van der Waals surface area contributed by atoms with E-state index in [1.54, 1.807) is 29.2 Å². The molecule has 32 heavy (non-hydrogen) atoms. The molecule has 0 radical (unpaired) electrons. The Morgan fingerprint density at radius 3 is 2.38 bits per heavy atom. The third kappa shape index (κ3) is 4.63. The molecular formula is C25H22N2O4S. The normalized spacial score (nSPS) is 10.7. The van der Waals surface area contributed by atoms with E-state index in [9.17, 15) is 9.59 Å². The van der Waals surface area contributed by atoms with Crippen molar-refractivity contribution in [1.82, 2.24) is 4.98 Å². The van der Waals surface area contributed by atoms with Crippen LogP contribution >= 0.6 is 11.3 Å². The minimum Gasteiger partial charge on any atom is -0.494 e. The van der Waals surface area contributed by atoms with E-state index in [0.29, 0.717) is 29.4 Å². The van der Waals surface area contributed by atoms with E-state index < -0.39 is 5.97 Å². The second-order valence-corrected chi connectivity index (χ2v) is 8.01. The maximum atomic E-state index is 13.5. The fourth-order valence-electron chi connectivity index (χ4n) is 3.28. The van der Waals surface area contributed by atoms with Crippen molar-refractivity contribution in [3.8, 4) is 5.75 Å². The Morgan fingerprint density at radius 2 is 1.69 bits per heavy atom. The number of aromatic nitrogens is 1. The number of carbonyl (C=O) groups is 2. The van der Waals surface area contributed by atoms with Gasteiger partial charge in [0.2, 0.25) is 0 Å². The first kappa shape index (κ1) is 21.5. The lowest BCUT2D eigenvalue weighted by Gasteiger charge is -2.20. The van der Waals surface area contributed by atoms with Crippen molar-refractivity contribution in [1.29, 1.82) is 0 Å². The molecule has 0 saturated heterocycles. The minimum atomic E-state index is -0.443. The first-order valence-corrected chi connectivity index (χ1v) is 11.0.